The van der Waals surface area contributed by atoms with Crippen molar-refractivity contribution < 1.29 is 12.8 Å². The van der Waals surface area contributed by atoms with Crippen LogP contribution in [-0.4, -0.2) is 23.4 Å². The molecule has 0 radical (unpaired) electrons. The standard InChI is InChI=1S/C13H9FN4O2S2/c14-9-4-8(5-16-6-9)13-17-7-11(21-13)10-2-1-3-12(18-10)22(15,19)20/h1-7H,(H2,15,19,20). The average molecular weight is 336 g/mol. The molecule has 3 aromatic heterocycles. The molecule has 0 saturated carbocycles. The van der Waals surface area contributed by atoms with Gasteiger partial charge < -0.3 is 0 Å². The van der Waals surface area contributed by atoms with Gasteiger partial charge in [0.05, 0.1) is 16.8 Å². The summed E-state index contributed by atoms with van der Waals surface area (Å²) in [5.74, 6) is -0.455. The molecule has 0 atom stereocenters. The van der Waals surface area contributed by atoms with Crippen LogP contribution in [0.25, 0.3) is 21.1 Å². The van der Waals surface area contributed by atoms with E-state index in [0.717, 1.165) is 6.20 Å². The smallest absolute Gasteiger partial charge is 0.255 e. The number of sulfonamides is 1. The first-order valence-corrected chi connectivity index (χ1v) is 8.37. The first-order chi connectivity index (χ1) is 10.4. The molecule has 9 heteroatoms. The number of primary sulfonamides is 1. The van der Waals surface area contributed by atoms with Gasteiger partial charge in [0.1, 0.15) is 10.8 Å². The summed E-state index contributed by atoms with van der Waals surface area (Å²) in [6.45, 7) is 0. The topological polar surface area (TPSA) is 98.8 Å². The lowest BCUT2D eigenvalue weighted by Gasteiger charge is -2.00. The van der Waals surface area contributed by atoms with Crippen molar-refractivity contribution in [2.45, 2.75) is 5.03 Å². The highest BCUT2D eigenvalue weighted by Gasteiger charge is 2.13. The van der Waals surface area contributed by atoms with E-state index >= 15 is 0 Å². The number of pyridine rings is 2. The normalized spacial score (nSPS) is 11.5. The quantitative estimate of drug-likeness (QED) is 0.789. The summed E-state index contributed by atoms with van der Waals surface area (Å²) in [6.07, 6.45) is 4.15. The van der Waals surface area contributed by atoms with Gasteiger partial charge >= 0.3 is 0 Å². The van der Waals surface area contributed by atoms with Crippen molar-refractivity contribution in [1.29, 1.82) is 0 Å². The van der Waals surface area contributed by atoms with Crippen molar-refractivity contribution in [2.24, 2.45) is 5.14 Å². The number of nitrogens with zero attached hydrogens (tertiary/aromatic N) is 3. The van der Waals surface area contributed by atoms with Crippen molar-refractivity contribution in [2.75, 3.05) is 0 Å². The highest BCUT2D eigenvalue weighted by Crippen LogP contribution is 2.31. The number of hydrogen-bond acceptors (Lipinski definition) is 6. The van der Waals surface area contributed by atoms with Crippen LogP contribution < -0.4 is 5.14 Å². The Labute approximate surface area is 129 Å². The van der Waals surface area contributed by atoms with Crippen molar-refractivity contribution in [3.8, 4) is 21.1 Å². The summed E-state index contributed by atoms with van der Waals surface area (Å²) in [5.41, 5.74) is 0.971. The van der Waals surface area contributed by atoms with Crippen LogP contribution in [0.2, 0.25) is 0 Å². The number of rotatable bonds is 3. The minimum Gasteiger partial charge on any atom is -0.261 e. The molecule has 22 heavy (non-hydrogen) atoms. The largest absolute Gasteiger partial charge is 0.261 e. The van der Waals surface area contributed by atoms with Gasteiger partial charge in [-0.15, -0.1) is 11.3 Å². The lowest BCUT2D eigenvalue weighted by atomic mass is 10.3. The fourth-order valence-corrected chi connectivity index (χ4v) is 3.13. The molecule has 0 aliphatic rings. The van der Waals surface area contributed by atoms with Crippen LogP contribution in [0, 0.1) is 5.82 Å². The van der Waals surface area contributed by atoms with E-state index in [1.54, 1.807) is 18.3 Å². The highest BCUT2D eigenvalue weighted by molar-refractivity contribution is 7.89. The maximum atomic E-state index is 13.2. The molecule has 0 aliphatic heterocycles. The molecule has 3 heterocycles. The van der Waals surface area contributed by atoms with Gasteiger partial charge in [0.2, 0.25) is 0 Å². The predicted molar refractivity (Wildman–Crippen MR) is 79.9 cm³/mol. The Hall–Kier alpha value is -2.23. The molecular weight excluding hydrogens is 327 g/mol. The Bertz CT molecular complexity index is 940. The van der Waals surface area contributed by atoms with Gasteiger partial charge in [-0.1, -0.05) is 6.07 Å². The van der Waals surface area contributed by atoms with E-state index in [-0.39, 0.29) is 5.03 Å². The molecule has 0 bridgehead atoms. The molecule has 3 aromatic rings. The fraction of sp³-hybridized carbons (Fsp3) is 0. The fourth-order valence-electron chi connectivity index (χ4n) is 1.77. The molecule has 0 amide bonds. The van der Waals surface area contributed by atoms with Crippen molar-refractivity contribution >= 4 is 21.4 Å². The second kappa shape index (κ2) is 5.52. The van der Waals surface area contributed by atoms with Crippen LogP contribution in [0.15, 0.2) is 47.9 Å². The maximum Gasteiger partial charge on any atom is 0.255 e. The van der Waals surface area contributed by atoms with Gasteiger partial charge in [-0.25, -0.2) is 27.9 Å². The number of halogens is 1. The van der Waals surface area contributed by atoms with Crippen molar-refractivity contribution in [1.82, 2.24) is 15.0 Å². The van der Waals surface area contributed by atoms with E-state index in [1.165, 1.54) is 29.7 Å². The van der Waals surface area contributed by atoms with E-state index in [4.69, 9.17) is 5.14 Å². The van der Waals surface area contributed by atoms with Crippen molar-refractivity contribution in [3.05, 3.63) is 48.7 Å². The zero-order chi connectivity index (χ0) is 15.7. The molecule has 2 N–H and O–H groups in total. The SMILES string of the molecule is NS(=O)(=O)c1cccc(-c2cnc(-c3cncc(F)c3)s2)n1. The minimum absolute atomic E-state index is 0.215. The molecule has 0 aromatic carbocycles. The molecule has 0 aliphatic carbocycles. The molecule has 0 saturated heterocycles. The summed E-state index contributed by atoms with van der Waals surface area (Å²) < 4.78 is 35.9. The van der Waals surface area contributed by atoms with Crippen LogP contribution >= 0.6 is 11.3 Å². The molecule has 0 unspecified atom stereocenters. The van der Waals surface area contributed by atoms with E-state index in [9.17, 15) is 12.8 Å². The third kappa shape index (κ3) is 3.01. The number of aromatic nitrogens is 3. The van der Waals surface area contributed by atoms with Crippen LogP contribution in [0.5, 0.6) is 0 Å². The van der Waals surface area contributed by atoms with E-state index in [2.05, 4.69) is 15.0 Å². The van der Waals surface area contributed by atoms with Gasteiger partial charge in [0.25, 0.3) is 10.0 Å². The summed E-state index contributed by atoms with van der Waals surface area (Å²) in [6, 6.07) is 5.84. The average Bonchev–Trinajstić information content (AvgIpc) is 2.96. The third-order valence-corrected chi connectivity index (χ3v) is 4.60. The molecule has 0 fully saturated rings. The maximum absolute atomic E-state index is 13.2. The lowest BCUT2D eigenvalue weighted by molar-refractivity contribution is 0.594. The summed E-state index contributed by atoms with van der Waals surface area (Å²) >= 11 is 1.25. The molecule has 112 valence electrons. The van der Waals surface area contributed by atoms with Gasteiger partial charge in [-0.05, 0) is 18.2 Å². The van der Waals surface area contributed by atoms with E-state index in [0.29, 0.717) is 21.1 Å². The molecule has 6 nitrogen and oxygen atoms in total. The zero-order valence-electron chi connectivity index (χ0n) is 11.0. The first kappa shape index (κ1) is 14.7. The highest BCUT2D eigenvalue weighted by atomic mass is 32.2. The lowest BCUT2D eigenvalue weighted by Crippen LogP contribution is -2.13. The zero-order valence-corrected chi connectivity index (χ0v) is 12.6. The van der Waals surface area contributed by atoms with Crippen LogP contribution in [0.3, 0.4) is 0 Å². The molecular formula is C13H9FN4O2S2. The third-order valence-electron chi connectivity index (χ3n) is 2.73. The molecule has 0 spiro atoms. The van der Waals surface area contributed by atoms with Crippen LogP contribution in [0.4, 0.5) is 4.39 Å². The Morgan fingerprint density at radius 2 is 2.00 bits per heavy atom. The van der Waals surface area contributed by atoms with Gasteiger partial charge in [0, 0.05) is 18.0 Å². The summed E-state index contributed by atoms with van der Waals surface area (Å²) in [4.78, 5) is 12.6. The summed E-state index contributed by atoms with van der Waals surface area (Å²) in [7, 11) is -3.87. The second-order valence-electron chi connectivity index (χ2n) is 4.33. The molecule has 3 rings (SSSR count). The van der Waals surface area contributed by atoms with Crippen molar-refractivity contribution in [3.63, 3.8) is 0 Å². The van der Waals surface area contributed by atoms with Crippen LogP contribution in [0.1, 0.15) is 0 Å². The predicted octanol–water partition coefficient (Wildman–Crippen LogP) is 2.05. The number of thiazole rings is 1. The number of hydrogen-bond donors (Lipinski definition) is 1. The van der Waals surface area contributed by atoms with Gasteiger partial charge in [-0.3, -0.25) is 4.98 Å². The van der Waals surface area contributed by atoms with Crippen LogP contribution in [-0.2, 0) is 10.0 Å². The monoisotopic (exact) mass is 336 g/mol. The first-order valence-electron chi connectivity index (χ1n) is 6.00. The second-order valence-corrected chi connectivity index (χ2v) is 6.87. The Morgan fingerprint density at radius 3 is 2.73 bits per heavy atom. The summed E-state index contributed by atoms with van der Waals surface area (Å²) in [5, 5.41) is 5.41. The minimum atomic E-state index is -3.87. The van der Waals surface area contributed by atoms with Gasteiger partial charge in [0.15, 0.2) is 5.03 Å². The Kier molecular flexibility index (Phi) is 3.69. The Balaban J connectivity index is 2.01. The Morgan fingerprint density at radius 1 is 1.18 bits per heavy atom. The van der Waals surface area contributed by atoms with E-state index in [1.807, 2.05) is 0 Å². The van der Waals surface area contributed by atoms with E-state index < -0.39 is 15.8 Å². The number of nitrogens with two attached hydrogens (primary N) is 1. The van der Waals surface area contributed by atoms with Gasteiger partial charge in [-0.2, -0.15) is 0 Å².